The Morgan fingerprint density at radius 2 is 2.19 bits per heavy atom. The Kier molecular flexibility index (Phi) is 5.32. The van der Waals surface area contributed by atoms with E-state index in [9.17, 15) is 15.2 Å². The minimum atomic E-state index is -0.405. The van der Waals surface area contributed by atoms with Crippen LogP contribution in [0.1, 0.15) is 32.6 Å². The lowest BCUT2D eigenvalue weighted by atomic mass is 10.2. The predicted octanol–water partition coefficient (Wildman–Crippen LogP) is 2.16. The van der Waals surface area contributed by atoms with E-state index in [0.29, 0.717) is 30.8 Å². The van der Waals surface area contributed by atoms with E-state index >= 15 is 0 Å². The zero-order chi connectivity index (χ0) is 15.2. The molecule has 21 heavy (non-hydrogen) atoms. The van der Waals surface area contributed by atoms with Gasteiger partial charge in [-0.3, -0.25) is 10.1 Å². The van der Waals surface area contributed by atoms with Gasteiger partial charge in [0.2, 0.25) is 0 Å². The number of aliphatic hydroxyl groups is 1. The van der Waals surface area contributed by atoms with Gasteiger partial charge in [0.15, 0.2) is 0 Å². The first-order valence-electron chi connectivity index (χ1n) is 7.43. The molecule has 1 aromatic heterocycles. The summed E-state index contributed by atoms with van der Waals surface area (Å²) < 4.78 is 0. The van der Waals surface area contributed by atoms with Crippen LogP contribution < -0.4 is 10.2 Å². The molecule has 1 fully saturated rings. The van der Waals surface area contributed by atoms with E-state index in [1.807, 2.05) is 11.8 Å². The minimum Gasteiger partial charge on any atom is -0.395 e. The van der Waals surface area contributed by atoms with Crippen molar-refractivity contribution >= 4 is 17.3 Å². The number of pyridine rings is 1. The number of nitrogens with zero attached hydrogens (tertiary/aromatic N) is 3. The third-order valence-electron chi connectivity index (χ3n) is 3.77. The molecule has 1 saturated carbocycles. The van der Waals surface area contributed by atoms with Crippen LogP contribution in [0.25, 0.3) is 0 Å². The van der Waals surface area contributed by atoms with E-state index in [0.717, 1.165) is 25.7 Å². The van der Waals surface area contributed by atoms with Crippen LogP contribution >= 0.6 is 0 Å². The van der Waals surface area contributed by atoms with Crippen molar-refractivity contribution in [3.63, 3.8) is 0 Å². The van der Waals surface area contributed by atoms with Gasteiger partial charge in [0.1, 0.15) is 11.6 Å². The third-order valence-corrected chi connectivity index (χ3v) is 3.77. The molecule has 0 amide bonds. The number of aromatic nitrogens is 1. The molecule has 0 radical (unpaired) electrons. The second kappa shape index (κ2) is 7.21. The second-order valence-electron chi connectivity index (χ2n) is 5.21. The quantitative estimate of drug-likeness (QED) is 0.591. The largest absolute Gasteiger partial charge is 0.395 e. The molecule has 0 unspecified atom stereocenters. The highest BCUT2D eigenvalue weighted by Crippen LogP contribution is 2.30. The average Bonchev–Trinajstić information content (AvgIpc) is 2.98. The molecule has 7 nitrogen and oxygen atoms in total. The number of nitro groups is 1. The van der Waals surface area contributed by atoms with Crippen LogP contribution in [0, 0.1) is 10.1 Å². The van der Waals surface area contributed by atoms with Crippen molar-refractivity contribution in [2.75, 3.05) is 29.9 Å². The first-order valence-corrected chi connectivity index (χ1v) is 7.43. The maximum Gasteiger partial charge on any atom is 0.276 e. The van der Waals surface area contributed by atoms with Crippen LogP contribution in [0.3, 0.4) is 0 Å². The van der Waals surface area contributed by atoms with Crippen LogP contribution in [-0.4, -0.2) is 40.8 Å². The second-order valence-corrected chi connectivity index (χ2v) is 5.21. The molecule has 0 spiro atoms. The van der Waals surface area contributed by atoms with E-state index in [2.05, 4.69) is 10.3 Å². The van der Waals surface area contributed by atoms with E-state index in [1.165, 1.54) is 12.1 Å². The van der Waals surface area contributed by atoms with Gasteiger partial charge in [0.25, 0.3) is 5.69 Å². The van der Waals surface area contributed by atoms with Crippen LogP contribution in [0.5, 0.6) is 0 Å². The SMILES string of the molecule is CCNc1cc([N+](=O)[O-])cc(N(CCO)C2CCCC2)n1. The number of rotatable bonds is 7. The lowest BCUT2D eigenvalue weighted by Gasteiger charge is -2.29. The van der Waals surface area contributed by atoms with Gasteiger partial charge in [-0.2, -0.15) is 0 Å². The van der Waals surface area contributed by atoms with Crippen molar-refractivity contribution in [3.05, 3.63) is 22.2 Å². The maximum absolute atomic E-state index is 11.1. The fraction of sp³-hybridized carbons (Fsp3) is 0.643. The van der Waals surface area contributed by atoms with Gasteiger partial charge in [0, 0.05) is 19.1 Å². The molecule has 2 rings (SSSR count). The molecule has 1 aliphatic carbocycles. The van der Waals surface area contributed by atoms with Crippen LogP contribution in [0.4, 0.5) is 17.3 Å². The van der Waals surface area contributed by atoms with Crippen LogP contribution in [0.15, 0.2) is 12.1 Å². The minimum absolute atomic E-state index is 0.0113. The van der Waals surface area contributed by atoms with Crippen LogP contribution in [-0.2, 0) is 0 Å². The van der Waals surface area contributed by atoms with E-state index in [1.54, 1.807) is 0 Å². The monoisotopic (exact) mass is 294 g/mol. The molecular formula is C14H22N4O3. The van der Waals surface area contributed by atoms with E-state index in [4.69, 9.17) is 0 Å². The number of aliphatic hydroxyl groups excluding tert-OH is 1. The van der Waals surface area contributed by atoms with Crippen molar-refractivity contribution in [2.45, 2.75) is 38.6 Å². The van der Waals surface area contributed by atoms with Gasteiger partial charge >= 0.3 is 0 Å². The van der Waals surface area contributed by atoms with Gasteiger partial charge in [-0.1, -0.05) is 12.8 Å². The standard InChI is InChI=1S/C14H22N4O3/c1-2-15-13-9-12(18(20)21)10-14(16-13)17(7-8-19)11-5-3-4-6-11/h9-11,19H,2-8H2,1H3,(H,15,16). The highest BCUT2D eigenvalue weighted by atomic mass is 16.6. The molecule has 1 heterocycles. The lowest BCUT2D eigenvalue weighted by Crippen LogP contribution is -2.36. The molecular weight excluding hydrogens is 272 g/mol. The molecule has 116 valence electrons. The fourth-order valence-electron chi connectivity index (χ4n) is 2.83. The molecule has 0 bridgehead atoms. The topological polar surface area (TPSA) is 91.5 Å². The summed E-state index contributed by atoms with van der Waals surface area (Å²) in [5, 5.41) is 23.4. The Labute approximate surface area is 124 Å². The summed E-state index contributed by atoms with van der Waals surface area (Å²) in [6.07, 6.45) is 4.39. The summed E-state index contributed by atoms with van der Waals surface area (Å²) in [7, 11) is 0. The Morgan fingerprint density at radius 3 is 2.76 bits per heavy atom. The predicted molar refractivity (Wildman–Crippen MR) is 81.7 cm³/mol. The summed E-state index contributed by atoms with van der Waals surface area (Å²) in [5.74, 6) is 1.07. The highest BCUT2D eigenvalue weighted by molar-refractivity contribution is 5.56. The van der Waals surface area contributed by atoms with Gasteiger partial charge in [-0.25, -0.2) is 4.98 Å². The number of hydrogen-bond donors (Lipinski definition) is 2. The summed E-state index contributed by atoms with van der Waals surface area (Å²) in [6, 6.07) is 3.24. The molecule has 2 N–H and O–H groups in total. The first kappa shape index (κ1) is 15.5. The molecule has 0 aliphatic heterocycles. The van der Waals surface area contributed by atoms with E-state index < -0.39 is 4.92 Å². The average molecular weight is 294 g/mol. The van der Waals surface area contributed by atoms with Crippen LogP contribution in [0.2, 0.25) is 0 Å². The van der Waals surface area contributed by atoms with Crippen molar-refractivity contribution in [2.24, 2.45) is 0 Å². The summed E-state index contributed by atoms with van der Waals surface area (Å²) in [4.78, 5) is 17.2. The highest BCUT2D eigenvalue weighted by Gasteiger charge is 2.25. The van der Waals surface area contributed by atoms with Gasteiger partial charge < -0.3 is 15.3 Å². The molecule has 7 heteroatoms. The maximum atomic E-state index is 11.1. The Bertz CT molecular complexity index is 489. The zero-order valence-electron chi connectivity index (χ0n) is 12.3. The van der Waals surface area contributed by atoms with Crippen molar-refractivity contribution < 1.29 is 10.0 Å². The zero-order valence-corrected chi connectivity index (χ0v) is 12.3. The molecule has 1 aliphatic rings. The van der Waals surface area contributed by atoms with Gasteiger partial charge in [-0.15, -0.1) is 0 Å². The molecule has 0 saturated heterocycles. The summed E-state index contributed by atoms with van der Waals surface area (Å²) in [6.45, 7) is 3.03. The Hall–Kier alpha value is -1.89. The van der Waals surface area contributed by atoms with E-state index in [-0.39, 0.29) is 12.3 Å². The Morgan fingerprint density at radius 1 is 1.48 bits per heavy atom. The van der Waals surface area contributed by atoms with Crippen molar-refractivity contribution in [3.8, 4) is 0 Å². The molecule has 0 aromatic carbocycles. The Balaban J connectivity index is 2.34. The normalized spacial score (nSPS) is 15.1. The van der Waals surface area contributed by atoms with Crippen molar-refractivity contribution in [1.29, 1.82) is 0 Å². The third kappa shape index (κ3) is 3.81. The number of hydrogen-bond acceptors (Lipinski definition) is 6. The van der Waals surface area contributed by atoms with Crippen molar-refractivity contribution in [1.82, 2.24) is 4.98 Å². The van der Waals surface area contributed by atoms with Gasteiger partial charge in [-0.05, 0) is 19.8 Å². The number of nitrogens with one attached hydrogen (secondary N) is 1. The summed E-state index contributed by atoms with van der Waals surface area (Å²) in [5.41, 5.74) is 0.0249. The molecule has 1 aromatic rings. The lowest BCUT2D eigenvalue weighted by molar-refractivity contribution is -0.384. The first-order chi connectivity index (χ1) is 10.2. The summed E-state index contributed by atoms with van der Waals surface area (Å²) >= 11 is 0. The smallest absolute Gasteiger partial charge is 0.276 e. The number of anilines is 2. The molecule has 0 atom stereocenters. The fourth-order valence-corrected chi connectivity index (χ4v) is 2.83. The van der Waals surface area contributed by atoms with Gasteiger partial charge in [0.05, 0.1) is 23.7 Å².